The minimum atomic E-state index is -0.481. The first-order chi connectivity index (χ1) is 7.11. The molecule has 0 aliphatic heterocycles. The van der Waals surface area contributed by atoms with Crippen LogP contribution >= 0.6 is 11.6 Å². The number of benzene rings is 1. The molecule has 1 aromatic carbocycles. The number of hydrogen-bond donors (Lipinski definition) is 1. The Hall–Kier alpha value is -1.54. The number of primary amides is 1. The van der Waals surface area contributed by atoms with E-state index < -0.39 is 5.91 Å². The van der Waals surface area contributed by atoms with Gasteiger partial charge in [0, 0.05) is 0 Å². The van der Waals surface area contributed by atoms with Gasteiger partial charge in [0.2, 0.25) is 5.91 Å². The van der Waals surface area contributed by atoms with E-state index >= 15 is 0 Å². The van der Waals surface area contributed by atoms with Crippen molar-refractivity contribution in [1.29, 1.82) is 0 Å². The lowest BCUT2D eigenvalue weighted by molar-refractivity contribution is -0.113. The molecule has 0 saturated carbocycles. The fourth-order valence-electron chi connectivity index (χ4n) is 0.773. The predicted octanol–water partition coefficient (Wildman–Crippen LogP) is 2.81. The highest BCUT2D eigenvalue weighted by Crippen LogP contribution is 2.19. The number of allylic oxidation sites excluding steroid dienone is 1. The summed E-state index contributed by atoms with van der Waals surface area (Å²) in [6.07, 6.45) is 2.77. The van der Waals surface area contributed by atoms with Gasteiger partial charge in [-0.25, -0.2) is 0 Å². The zero-order chi connectivity index (χ0) is 11.7. The third-order valence-electron chi connectivity index (χ3n) is 1.53. The minimum Gasteiger partial charge on any atom is -0.366 e. The number of nitrogens with two attached hydrogens (primary N) is 1. The van der Waals surface area contributed by atoms with E-state index in [9.17, 15) is 4.79 Å². The van der Waals surface area contributed by atoms with Gasteiger partial charge in [-0.3, -0.25) is 4.79 Å². The van der Waals surface area contributed by atoms with Crippen LogP contribution in [-0.4, -0.2) is 5.91 Å². The maximum Gasteiger partial charge on any atom is 0.240 e. The molecule has 0 saturated heterocycles. The molecule has 1 atom stereocenters. The highest BCUT2D eigenvalue weighted by Gasteiger charge is 1.98. The van der Waals surface area contributed by atoms with Crippen LogP contribution in [0.4, 0.5) is 0 Å². The highest BCUT2D eigenvalue weighted by molar-refractivity contribution is 6.21. The van der Waals surface area contributed by atoms with E-state index in [0.29, 0.717) is 0 Å². The van der Waals surface area contributed by atoms with E-state index in [2.05, 4.69) is 18.9 Å². The number of amides is 1. The van der Waals surface area contributed by atoms with Gasteiger partial charge >= 0.3 is 0 Å². The predicted molar refractivity (Wildman–Crippen MR) is 64.6 cm³/mol. The van der Waals surface area contributed by atoms with Gasteiger partial charge in [-0.1, -0.05) is 43.0 Å². The first-order valence-electron chi connectivity index (χ1n) is 4.35. The monoisotopic (exact) mass is 223 g/mol. The van der Waals surface area contributed by atoms with E-state index in [0.717, 1.165) is 11.6 Å². The fraction of sp³-hybridized carbons (Fsp3) is 0.0833. The van der Waals surface area contributed by atoms with Crippen molar-refractivity contribution in [3.8, 4) is 0 Å². The molecule has 0 fully saturated rings. The van der Waals surface area contributed by atoms with Crippen LogP contribution in [0.1, 0.15) is 10.9 Å². The molecule has 2 N–H and O–H groups in total. The summed E-state index contributed by atoms with van der Waals surface area (Å²) in [5, 5.41) is -0.0544. The van der Waals surface area contributed by atoms with Crippen LogP contribution < -0.4 is 5.73 Å². The summed E-state index contributed by atoms with van der Waals surface area (Å²) in [5.74, 6) is -0.481. The normalized spacial score (nSPS) is 10.5. The average Bonchev–Trinajstić information content (AvgIpc) is 2.30. The Bertz CT molecular complexity index is 322. The molecule has 3 heteroatoms. The number of alkyl halides is 1. The Morgan fingerprint density at radius 1 is 1.33 bits per heavy atom. The second-order valence-corrected chi connectivity index (χ2v) is 3.12. The van der Waals surface area contributed by atoms with Crippen molar-refractivity contribution < 1.29 is 4.79 Å². The Balaban J connectivity index is 0.000000336. The van der Waals surface area contributed by atoms with Gasteiger partial charge in [0.1, 0.15) is 0 Å². The summed E-state index contributed by atoms with van der Waals surface area (Å²) in [7, 11) is 0. The molecule has 1 aromatic rings. The van der Waals surface area contributed by atoms with Gasteiger partial charge < -0.3 is 5.73 Å². The van der Waals surface area contributed by atoms with Gasteiger partial charge in [0.15, 0.2) is 0 Å². The first-order valence-corrected chi connectivity index (χ1v) is 4.79. The number of rotatable bonds is 3. The topological polar surface area (TPSA) is 43.1 Å². The zero-order valence-electron chi connectivity index (χ0n) is 8.40. The van der Waals surface area contributed by atoms with Crippen LogP contribution in [0.25, 0.3) is 0 Å². The summed E-state index contributed by atoms with van der Waals surface area (Å²) in [6.45, 7) is 6.69. The van der Waals surface area contributed by atoms with Crippen molar-refractivity contribution in [3.05, 3.63) is 61.2 Å². The molecule has 2 nitrogen and oxygen atoms in total. The molecule has 80 valence electrons. The molecule has 15 heavy (non-hydrogen) atoms. The van der Waals surface area contributed by atoms with Gasteiger partial charge in [-0.15, -0.1) is 18.2 Å². The van der Waals surface area contributed by atoms with Crippen molar-refractivity contribution in [2.75, 3.05) is 0 Å². The molecule has 0 heterocycles. The van der Waals surface area contributed by atoms with E-state index in [1.807, 2.05) is 30.3 Å². The fourth-order valence-corrected chi connectivity index (χ4v) is 0.918. The van der Waals surface area contributed by atoms with Crippen molar-refractivity contribution >= 4 is 17.5 Å². The molecule has 1 amide bonds. The van der Waals surface area contributed by atoms with Crippen LogP contribution in [0, 0.1) is 0 Å². The highest BCUT2D eigenvalue weighted by atomic mass is 35.5. The van der Waals surface area contributed by atoms with Crippen molar-refractivity contribution in [2.45, 2.75) is 5.38 Å². The number of hydrogen-bond acceptors (Lipinski definition) is 1. The molecule has 1 unspecified atom stereocenters. The Labute approximate surface area is 95.1 Å². The van der Waals surface area contributed by atoms with Gasteiger partial charge in [-0.05, 0) is 11.6 Å². The standard InChI is InChI=1S/C9H9Cl.C3H5NO/c1-2-9(10)8-6-4-3-5-7-8;1-2-3(4)5/h2-7,9H,1H2;2H,1H2,(H2,4,5). The van der Waals surface area contributed by atoms with Gasteiger partial charge in [0.25, 0.3) is 0 Å². The molecule has 0 bridgehead atoms. The molecule has 0 spiro atoms. The van der Waals surface area contributed by atoms with E-state index in [1.165, 1.54) is 0 Å². The molecular formula is C12H14ClNO. The van der Waals surface area contributed by atoms with Crippen LogP contribution in [0.15, 0.2) is 55.6 Å². The van der Waals surface area contributed by atoms with Gasteiger partial charge in [0.05, 0.1) is 5.38 Å². The number of halogens is 1. The van der Waals surface area contributed by atoms with Gasteiger partial charge in [-0.2, -0.15) is 0 Å². The Morgan fingerprint density at radius 3 is 2.13 bits per heavy atom. The molecule has 0 aliphatic rings. The third-order valence-corrected chi connectivity index (χ3v) is 1.96. The molecule has 1 rings (SSSR count). The number of carbonyl (C=O) groups excluding carboxylic acids is 1. The van der Waals surface area contributed by atoms with Crippen molar-refractivity contribution in [2.24, 2.45) is 5.73 Å². The summed E-state index contributed by atoms with van der Waals surface area (Å²) in [4.78, 5) is 9.47. The lowest BCUT2D eigenvalue weighted by Gasteiger charge is -2.01. The SMILES string of the molecule is C=CC(Cl)c1ccccc1.C=CC(N)=O. The van der Waals surface area contributed by atoms with Crippen molar-refractivity contribution in [3.63, 3.8) is 0 Å². The summed E-state index contributed by atoms with van der Waals surface area (Å²) in [5.41, 5.74) is 5.63. The minimum absolute atomic E-state index is 0.0544. The Morgan fingerprint density at radius 2 is 1.80 bits per heavy atom. The average molecular weight is 224 g/mol. The molecule has 0 aromatic heterocycles. The summed E-state index contributed by atoms with van der Waals surface area (Å²) >= 11 is 5.87. The van der Waals surface area contributed by atoms with Crippen LogP contribution in [0.3, 0.4) is 0 Å². The quantitative estimate of drug-likeness (QED) is 0.478. The summed E-state index contributed by atoms with van der Waals surface area (Å²) in [6, 6.07) is 9.87. The maximum absolute atomic E-state index is 9.47. The zero-order valence-corrected chi connectivity index (χ0v) is 9.15. The van der Waals surface area contributed by atoms with Crippen LogP contribution in [0.5, 0.6) is 0 Å². The first kappa shape index (κ1) is 13.5. The van der Waals surface area contributed by atoms with Crippen LogP contribution in [-0.2, 0) is 4.79 Å². The molecule has 0 aliphatic carbocycles. The lowest BCUT2D eigenvalue weighted by atomic mass is 10.1. The number of carbonyl (C=O) groups is 1. The second-order valence-electron chi connectivity index (χ2n) is 2.65. The largest absolute Gasteiger partial charge is 0.366 e. The van der Waals surface area contributed by atoms with E-state index in [-0.39, 0.29) is 5.38 Å². The third kappa shape index (κ3) is 6.52. The molecular weight excluding hydrogens is 210 g/mol. The van der Waals surface area contributed by atoms with Crippen LogP contribution in [0.2, 0.25) is 0 Å². The Kier molecular flexibility index (Phi) is 7.02. The molecule has 0 radical (unpaired) electrons. The smallest absolute Gasteiger partial charge is 0.240 e. The van der Waals surface area contributed by atoms with E-state index in [1.54, 1.807) is 6.08 Å². The van der Waals surface area contributed by atoms with Crippen molar-refractivity contribution in [1.82, 2.24) is 0 Å². The lowest BCUT2D eigenvalue weighted by Crippen LogP contribution is -2.04. The second kappa shape index (κ2) is 7.83. The van der Waals surface area contributed by atoms with E-state index in [4.69, 9.17) is 11.6 Å². The summed E-state index contributed by atoms with van der Waals surface area (Å²) < 4.78 is 0. The maximum atomic E-state index is 9.47.